The number of amides is 1. The van der Waals surface area contributed by atoms with Crippen LogP contribution in [0, 0.1) is 0 Å². The van der Waals surface area contributed by atoms with Gasteiger partial charge in [-0.25, -0.2) is 13.4 Å². The number of hydrogen-bond acceptors (Lipinski definition) is 7. The van der Waals surface area contributed by atoms with Crippen molar-refractivity contribution in [3.05, 3.63) is 36.2 Å². The SMILES string of the molecule is CC(Nc1ncnc2c1NC(=O)CO2)c1cccc(N2CCCS2(=O)=O)c1. The molecule has 2 aliphatic heterocycles. The molecule has 0 saturated carbocycles. The van der Waals surface area contributed by atoms with Crippen LogP contribution < -0.4 is 19.7 Å². The van der Waals surface area contributed by atoms with Crippen LogP contribution in [0.15, 0.2) is 30.6 Å². The van der Waals surface area contributed by atoms with E-state index in [1.807, 2.05) is 25.1 Å². The third-order valence-corrected chi connectivity index (χ3v) is 6.40. The molecule has 1 atom stereocenters. The van der Waals surface area contributed by atoms with Crippen LogP contribution in [0.3, 0.4) is 0 Å². The molecule has 1 fully saturated rings. The second kappa shape index (κ2) is 6.69. The third-order valence-electron chi connectivity index (χ3n) is 4.53. The van der Waals surface area contributed by atoms with Crippen molar-refractivity contribution in [2.75, 3.05) is 33.8 Å². The van der Waals surface area contributed by atoms with Gasteiger partial charge in [-0.1, -0.05) is 12.1 Å². The third kappa shape index (κ3) is 3.39. The van der Waals surface area contributed by atoms with Crippen LogP contribution in [-0.2, 0) is 14.8 Å². The number of nitrogens with zero attached hydrogens (tertiary/aromatic N) is 3. The Labute approximate surface area is 156 Å². The first-order valence-corrected chi connectivity index (χ1v) is 10.2. The van der Waals surface area contributed by atoms with Crippen molar-refractivity contribution in [3.63, 3.8) is 0 Å². The van der Waals surface area contributed by atoms with E-state index in [2.05, 4.69) is 20.6 Å². The maximum Gasteiger partial charge on any atom is 0.262 e. The molecule has 2 aliphatic rings. The van der Waals surface area contributed by atoms with Crippen LogP contribution in [0.5, 0.6) is 5.88 Å². The Balaban J connectivity index is 1.59. The summed E-state index contributed by atoms with van der Waals surface area (Å²) in [5.74, 6) is 0.669. The normalized spacial score (nSPS) is 19.0. The van der Waals surface area contributed by atoms with Gasteiger partial charge in [-0.15, -0.1) is 0 Å². The summed E-state index contributed by atoms with van der Waals surface area (Å²) in [6.07, 6.45) is 1.99. The first kappa shape index (κ1) is 17.5. The molecular weight excluding hydrogens is 370 g/mol. The van der Waals surface area contributed by atoms with E-state index in [0.29, 0.717) is 36.0 Å². The van der Waals surface area contributed by atoms with Gasteiger partial charge >= 0.3 is 0 Å². The van der Waals surface area contributed by atoms with Crippen LogP contribution in [0.4, 0.5) is 17.2 Å². The van der Waals surface area contributed by atoms with E-state index < -0.39 is 10.0 Å². The molecule has 1 aromatic carbocycles. The van der Waals surface area contributed by atoms with Gasteiger partial charge in [0.2, 0.25) is 15.9 Å². The summed E-state index contributed by atoms with van der Waals surface area (Å²) >= 11 is 0. The number of carbonyl (C=O) groups is 1. The highest BCUT2D eigenvalue weighted by Gasteiger charge is 2.29. The number of benzene rings is 1. The predicted molar refractivity (Wildman–Crippen MR) is 100 cm³/mol. The lowest BCUT2D eigenvalue weighted by Gasteiger charge is -2.23. The maximum atomic E-state index is 12.2. The molecule has 9 nitrogen and oxygen atoms in total. The van der Waals surface area contributed by atoms with Gasteiger partial charge in [0.1, 0.15) is 12.0 Å². The zero-order valence-electron chi connectivity index (χ0n) is 14.7. The molecule has 2 N–H and O–H groups in total. The molecule has 2 aromatic rings. The van der Waals surface area contributed by atoms with Crippen molar-refractivity contribution in [3.8, 4) is 5.88 Å². The Hall–Kier alpha value is -2.88. The summed E-state index contributed by atoms with van der Waals surface area (Å²) in [6.45, 7) is 2.35. The average molecular weight is 389 g/mol. The van der Waals surface area contributed by atoms with E-state index in [1.54, 1.807) is 6.07 Å². The number of anilines is 3. The second-order valence-electron chi connectivity index (χ2n) is 6.44. The van der Waals surface area contributed by atoms with E-state index >= 15 is 0 Å². The van der Waals surface area contributed by atoms with Crippen LogP contribution >= 0.6 is 0 Å². The van der Waals surface area contributed by atoms with Crippen LogP contribution in [0.2, 0.25) is 0 Å². The quantitative estimate of drug-likeness (QED) is 0.815. The number of ether oxygens (including phenoxy) is 1. The van der Waals surface area contributed by atoms with E-state index in [-0.39, 0.29) is 24.3 Å². The van der Waals surface area contributed by atoms with Gasteiger partial charge in [0.15, 0.2) is 12.4 Å². The van der Waals surface area contributed by atoms with Gasteiger partial charge in [0.05, 0.1) is 17.5 Å². The molecule has 10 heteroatoms. The van der Waals surface area contributed by atoms with Crippen molar-refractivity contribution in [1.82, 2.24) is 9.97 Å². The second-order valence-corrected chi connectivity index (χ2v) is 8.45. The van der Waals surface area contributed by atoms with E-state index in [4.69, 9.17) is 4.74 Å². The number of hydrogen-bond donors (Lipinski definition) is 2. The summed E-state index contributed by atoms with van der Waals surface area (Å²) < 4.78 is 31.1. The van der Waals surface area contributed by atoms with Crippen molar-refractivity contribution >= 4 is 33.1 Å². The Morgan fingerprint density at radius 1 is 1.33 bits per heavy atom. The van der Waals surface area contributed by atoms with Gasteiger partial charge in [0.25, 0.3) is 5.91 Å². The Bertz CT molecular complexity index is 995. The number of sulfonamides is 1. The minimum absolute atomic E-state index is 0.0780. The fourth-order valence-electron chi connectivity index (χ4n) is 3.18. The number of fused-ring (bicyclic) bond motifs is 1. The summed E-state index contributed by atoms with van der Waals surface area (Å²) in [6, 6.07) is 7.19. The minimum Gasteiger partial charge on any atom is -0.466 e. The Kier molecular flexibility index (Phi) is 4.34. The molecule has 142 valence electrons. The molecule has 1 aromatic heterocycles. The zero-order chi connectivity index (χ0) is 19.0. The molecule has 1 unspecified atom stereocenters. The highest BCUT2D eigenvalue weighted by atomic mass is 32.2. The molecule has 4 rings (SSSR count). The monoisotopic (exact) mass is 389 g/mol. The molecule has 0 bridgehead atoms. The maximum absolute atomic E-state index is 12.2. The number of carbonyl (C=O) groups excluding carboxylic acids is 1. The average Bonchev–Trinajstić information content (AvgIpc) is 3.01. The lowest BCUT2D eigenvalue weighted by molar-refractivity contribution is -0.118. The molecule has 3 heterocycles. The number of nitrogens with one attached hydrogen (secondary N) is 2. The number of rotatable bonds is 4. The van der Waals surface area contributed by atoms with E-state index in [9.17, 15) is 13.2 Å². The van der Waals surface area contributed by atoms with Gasteiger partial charge in [-0.05, 0) is 31.0 Å². The largest absolute Gasteiger partial charge is 0.466 e. The lowest BCUT2D eigenvalue weighted by atomic mass is 10.1. The first-order valence-electron chi connectivity index (χ1n) is 8.58. The Morgan fingerprint density at radius 3 is 2.96 bits per heavy atom. The summed E-state index contributed by atoms with van der Waals surface area (Å²) in [7, 11) is -3.23. The van der Waals surface area contributed by atoms with Gasteiger partial charge in [-0.2, -0.15) is 4.98 Å². The van der Waals surface area contributed by atoms with Crippen molar-refractivity contribution in [2.45, 2.75) is 19.4 Å². The Morgan fingerprint density at radius 2 is 2.19 bits per heavy atom. The first-order chi connectivity index (χ1) is 12.9. The highest BCUT2D eigenvalue weighted by molar-refractivity contribution is 7.93. The summed E-state index contributed by atoms with van der Waals surface area (Å²) in [4.78, 5) is 19.8. The molecule has 1 saturated heterocycles. The van der Waals surface area contributed by atoms with Crippen molar-refractivity contribution in [1.29, 1.82) is 0 Å². The standard InChI is InChI=1S/C17H19N5O4S/c1-11(20-16-15-17(19-10-18-16)26-9-14(23)21-15)12-4-2-5-13(8-12)22-6-3-7-27(22,24)25/h2,4-5,8,10-11H,3,6-7,9H2,1H3,(H,21,23)(H,18,19,20). The van der Waals surface area contributed by atoms with Crippen LogP contribution in [0.25, 0.3) is 0 Å². The molecule has 0 spiro atoms. The fraction of sp³-hybridized carbons (Fsp3) is 0.353. The minimum atomic E-state index is -3.23. The van der Waals surface area contributed by atoms with Crippen molar-refractivity contribution < 1.29 is 17.9 Å². The summed E-state index contributed by atoms with van der Waals surface area (Å²) in [5, 5.41) is 5.94. The molecule has 1 amide bonds. The molecule has 0 aliphatic carbocycles. The topological polar surface area (TPSA) is 114 Å². The zero-order valence-corrected chi connectivity index (χ0v) is 15.5. The van der Waals surface area contributed by atoms with Crippen LogP contribution in [-0.4, -0.2) is 43.2 Å². The van der Waals surface area contributed by atoms with Gasteiger partial charge < -0.3 is 15.4 Å². The van der Waals surface area contributed by atoms with E-state index in [1.165, 1.54) is 10.6 Å². The van der Waals surface area contributed by atoms with Gasteiger partial charge in [-0.3, -0.25) is 9.10 Å². The molecule has 27 heavy (non-hydrogen) atoms. The summed E-state index contributed by atoms with van der Waals surface area (Å²) in [5.41, 5.74) is 1.95. The fourth-order valence-corrected chi connectivity index (χ4v) is 4.73. The smallest absolute Gasteiger partial charge is 0.262 e. The predicted octanol–water partition coefficient (Wildman–Crippen LogP) is 1.52. The number of aromatic nitrogens is 2. The molecular formula is C17H19N5O4S. The highest BCUT2D eigenvalue weighted by Crippen LogP contribution is 2.34. The van der Waals surface area contributed by atoms with Crippen molar-refractivity contribution in [2.24, 2.45) is 0 Å². The van der Waals surface area contributed by atoms with Crippen LogP contribution in [0.1, 0.15) is 24.9 Å². The van der Waals surface area contributed by atoms with Gasteiger partial charge in [0, 0.05) is 6.54 Å². The van der Waals surface area contributed by atoms with E-state index in [0.717, 1.165) is 5.56 Å². The molecule has 0 radical (unpaired) electrons. The lowest BCUT2D eigenvalue weighted by Crippen LogP contribution is -2.27.